The molecule has 0 bridgehead atoms. The van der Waals surface area contributed by atoms with Crippen molar-refractivity contribution < 1.29 is 9.53 Å². The van der Waals surface area contributed by atoms with Crippen LogP contribution in [0, 0.1) is 0 Å². The number of hydrogen-bond donors (Lipinski definition) is 1. The summed E-state index contributed by atoms with van der Waals surface area (Å²) >= 11 is 5.97. The number of carbonyl (C=O) groups excluding carboxylic acids is 1. The number of anilines is 2. The largest absolute Gasteiger partial charge is 0.456 e. The molecule has 0 saturated heterocycles. The number of carbonyl (C=O) groups is 1. The summed E-state index contributed by atoms with van der Waals surface area (Å²) in [6.07, 6.45) is 3.21. The average molecular weight is 493 g/mol. The number of halogens is 1. The fourth-order valence-electron chi connectivity index (χ4n) is 3.17. The molecular formula is C24H21ClN6O4. The van der Waals surface area contributed by atoms with E-state index in [0.29, 0.717) is 22.2 Å². The van der Waals surface area contributed by atoms with Gasteiger partial charge in [-0.2, -0.15) is 15.2 Å². The lowest BCUT2D eigenvalue weighted by Crippen LogP contribution is -2.44. The zero-order valence-corrected chi connectivity index (χ0v) is 19.5. The van der Waals surface area contributed by atoms with Gasteiger partial charge in [0.1, 0.15) is 11.5 Å². The highest BCUT2D eigenvalue weighted by Gasteiger charge is 2.16. The van der Waals surface area contributed by atoms with Crippen molar-refractivity contribution in [3.63, 3.8) is 0 Å². The molecule has 0 aliphatic rings. The van der Waals surface area contributed by atoms with Gasteiger partial charge >= 0.3 is 11.4 Å². The molecule has 0 saturated carbocycles. The van der Waals surface area contributed by atoms with Crippen molar-refractivity contribution >= 4 is 29.0 Å². The van der Waals surface area contributed by atoms with E-state index in [9.17, 15) is 14.4 Å². The minimum atomic E-state index is -0.809. The molecule has 0 aliphatic carbocycles. The summed E-state index contributed by atoms with van der Waals surface area (Å²) in [5.41, 5.74) is -0.113. The topological polar surface area (TPSA) is 121 Å². The first-order valence-electron chi connectivity index (χ1n) is 10.7. The van der Waals surface area contributed by atoms with Gasteiger partial charge in [0.2, 0.25) is 5.95 Å². The average Bonchev–Trinajstić information content (AvgIpc) is 2.87. The number of ether oxygens (including phenoxy) is 1. The van der Waals surface area contributed by atoms with Gasteiger partial charge in [-0.05, 0) is 42.0 Å². The van der Waals surface area contributed by atoms with Crippen LogP contribution in [-0.2, 0) is 17.9 Å². The quantitative estimate of drug-likeness (QED) is 0.377. The third-order valence-electron chi connectivity index (χ3n) is 5.04. The lowest BCUT2D eigenvalue weighted by atomic mass is 10.2. The maximum Gasteiger partial charge on any atom is 0.355 e. The van der Waals surface area contributed by atoms with Crippen LogP contribution in [0.3, 0.4) is 0 Å². The molecule has 0 aliphatic heterocycles. The smallest absolute Gasteiger partial charge is 0.355 e. The van der Waals surface area contributed by atoms with Gasteiger partial charge in [-0.25, -0.2) is 14.2 Å². The van der Waals surface area contributed by atoms with E-state index in [1.54, 1.807) is 61.5 Å². The van der Waals surface area contributed by atoms with Crippen molar-refractivity contribution in [3.05, 3.63) is 98.5 Å². The molecule has 35 heavy (non-hydrogen) atoms. The SMILES string of the molecule is CCC(=O)Cn1c(=O)nc(Nc2ccc(Oc3ccnnc3)cc2)n(Cc2ccc(Cl)cc2)c1=O. The van der Waals surface area contributed by atoms with Crippen LogP contribution in [0.5, 0.6) is 11.5 Å². The highest BCUT2D eigenvalue weighted by molar-refractivity contribution is 6.30. The lowest BCUT2D eigenvalue weighted by Gasteiger charge is -2.16. The van der Waals surface area contributed by atoms with E-state index in [0.717, 1.165) is 10.1 Å². The third kappa shape index (κ3) is 5.98. The van der Waals surface area contributed by atoms with E-state index >= 15 is 0 Å². The predicted octanol–water partition coefficient (Wildman–Crippen LogP) is 3.41. The molecular weight excluding hydrogens is 472 g/mol. The van der Waals surface area contributed by atoms with Crippen molar-refractivity contribution in [2.24, 2.45) is 0 Å². The summed E-state index contributed by atoms with van der Waals surface area (Å²) in [6, 6.07) is 15.5. The van der Waals surface area contributed by atoms with E-state index < -0.39 is 11.4 Å². The lowest BCUT2D eigenvalue weighted by molar-refractivity contribution is -0.119. The van der Waals surface area contributed by atoms with Gasteiger partial charge in [-0.1, -0.05) is 30.7 Å². The van der Waals surface area contributed by atoms with Crippen LogP contribution in [0.15, 0.2) is 76.6 Å². The first-order valence-corrected chi connectivity index (χ1v) is 11.1. The Morgan fingerprint density at radius 2 is 1.71 bits per heavy atom. The highest BCUT2D eigenvalue weighted by atomic mass is 35.5. The summed E-state index contributed by atoms with van der Waals surface area (Å²) in [7, 11) is 0. The number of nitrogens with one attached hydrogen (secondary N) is 1. The van der Waals surface area contributed by atoms with Gasteiger partial charge in [0.15, 0.2) is 5.78 Å². The van der Waals surface area contributed by atoms with Crippen LogP contribution in [0.1, 0.15) is 18.9 Å². The Hall–Kier alpha value is -4.31. The first-order chi connectivity index (χ1) is 16.9. The first kappa shape index (κ1) is 23.8. The van der Waals surface area contributed by atoms with Crippen molar-refractivity contribution in [3.8, 4) is 11.5 Å². The van der Waals surface area contributed by atoms with E-state index in [1.807, 2.05) is 0 Å². The maximum atomic E-state index is 13.2. The molecule has 2 heterocycles. The van der Waals surface area contributed by atoms with Gasteiger partial charge < -0.3 is 10.1 Å². The zero-order chi connectivity index (χ0) is 24.8. The molecule has 1 N–H and O–H groups in total. The Balaban J connectivity index is 1.66. The molecule has 0 radical (unpaired) electrons. The normalized spacial score (nSPS) is 10.7. The second-order valence-electron chi connectivity index (χ2n) is 7.52. The maximum absolute atomic E-state index is 13.2. The van der Waals surface area contributed by atoms with E-state index in [2.05, 4.69) is 20.5 Å². The van der Waals surface area contributed by atoms with Crippen LogP contribution in [-0.4, -0.2) is 30.1 Å². The number of Topliss-reactive ketones (excluding diaryl/α,β-unsaturated/α-hetero) is 1. The molecule has 0 unspecified atom stereocenters. The van der Waals surface area contributed by atoms with Crippen molar-refractivity contribution in [2.45, 2.75) is 26.4 Å². The van der Waals surface area contributed by atoms with E-state index in [-0.39, 0.29) is 31.2 Å². The number of benzene rings is 2. The molecule has 0 atom stereocenters. The van der Waals surface area contributed by atoms with Crippen LogP contribution in [0.2, 0.25) is 5.02 Å². The molecule has 2 aromatic heterocycles. The molecule has 2 aromatic carbocycles. The number of nitrogens with zero attached hydrogens (tertiary/aromatic N) is 5. The second-order valence-corrected chi connectivity index (χ2v) is 7.96. The fourth-order valence-corrected chi connectivity index (χ4v) is 3.30. The summed E-state index contributed by atoms with van der Waals surface area (Å²) < 4.78 is 7.85. The number of rotatable bonds is 9. The standard InChI is InChI=1S/C24H21ClN6O4/c1-2-19(32)15-31-23(33)29-22(30(24(31)34)14-16-3-5-17(25)6-4-16)28-18-7-9-20(10-8-18)35-21-11-12-26-27-13-21/h3-13H,2,14-15H2,1H3,(H,28,29,33). The van der Waals surface area contributed by atoms with Crippen molar-refractivity contribution in [2.75, 3.05) is 5.32 Å². The molecule has 10 nitrogen and oxygen atoms in total. The summed E-state index contributed by atoms with van der Waals surface area (Å²) in [5, 5.41) is 11.0. The molecule has 4 rings (SSSR count). The Morgan fingerprint density at radius 3 is 2.37 bits per heavy atom. The molecule has 0 spiro atoms. The van der Waals surface area contributed by atoms with Crippen LogP contribution >= 0.6 is 11.6 Å². The second kappa shape index (κ2) is 10.7. The van der Waals surface area contributed by atoms with Gasteiger partial charge in [-0.3, -0.25) is 9.36 Å². The summed E-state index contributed by atoms with van der Waals surface area (Å²) in [4.78, 5) is 41.8. The van der Waals surface area contributed by atoms with Crippen molar-refractivity contribution in [1.82, 2.24) is 24.3 Å². The van der Waals surface area contributed by atoms with E-state index in [4.69, 9.17) is 16.3 Å². The predicted molar refractivity (Wildman–Crippen MR) is 130 cm³/mol. The summed E-state index contributed by atoms with van der Waals surface area (Å²) in [6.45, 7) is 1.45. The van der Waals surface area contributed by atoms with Crippen LogP contribution < -0.4 is 21.4 Å². The minimum Gasteiger partial charge on any atom is -0.456 e. The molecule has 0 amide bonds. The summed E-state index contributed by atoms with van der Waals surface area (Å²) in [5.74, 6) is 0.889. The molecule has 0 fully saturated rings. The Labute approximate surface area is 204 Å². The van der Waals surface area contributed by atoms with Gasteiger partial charge in [0, 0.05) is 23.2 Å². The third-order valence-corrected chi connectivity index (χ3v) is 5.29. The van der Waals surface area contributed by atoms with Gasteiger partial charge in [0.05, 0.1) is 25.5 Å². The Kier molecular flexibility index (Phi) is 7.32. The fraction of sp³-hybridized carbons (Fsp3) is 0.167. The van der Waals surface area contributed by atoms with Crippen LogP contribution in [0.4, 0.5) is 11.6 Å². The minimum absolute atomic E-state index is 0.0437. The highest BCUT2D eigenvalue weighted by Crippen LogP contribution is 2.23. The Bertz CT molecular complexity index is 1430. The molecule has 178 valence electrons. The van der Waals surface area contributed by atoms with Crippen molar-refractivity contribution in [1.29, 1.82) is 0 Å². The van der Waals surface area contributed by atoms with E-state index in [1.165, 1.54) is 17.0 Å². The monoisotopic (exact) mass is 492 g/mol. The number of hydrogen-bond acceptors (Lipinski definition) is 8. The van der Waals surface area contributed by atoms with Gasteiger partial charge in [-0.15, -0.1) is 0 Å². The van der Waals surface area contributed by atoms with Crippen LogP contribution in [0.25, 0.3) is 0 Å². The molecule has 11 heteroatoms. The van der Waals surface area contributed by atoms with Gasteiger partial charge in [0.25, 0.3) is 0 Å². The molecule has 4 aromatic rings. The zero-order valence-electron chi connectivity index (χ0n) is 18.7. The number of ketones is 1. The Morgan fingerprint density at radius 1 is 0.971 bits per heavy atom. The number of aromatic nitrogens is 5.